The molecule has 0 bridgehead atoms. The molecule has 0 saturated heterocycles. The molecule has 11 heteroatoms. The van der Waals surface area contributed by atoms with Crippen molar-refractivity contribution in [3.05, 3.63) is 121 Å². The number of aromatic amines is 2. The van der Waals surface area contributed by atoms with E-state index in [0.29, 0.717) is 22.5 Å². The van der Waals surface area contributed by atoms with Crippen LogP contribution < -0.4 is 0 Å². The number of carbonyl (C=O) groups excluding carboxylic acids is 2. The number of azo groups is 2. The third-order valence-corrected chi connectivity index (χ3v) is 5.87. The van der Waals surface area contributed by atoms with Crippen LogP contribution in [-0.4, -0.2) is 31.7 Å². The maximum atomic E-state index is 11.5. The summed E-state index contributed by atoms with van der Waals surface area (Å²) in [5.74, 6) is -0.318. The van der Waals surface area contributed by atoms with Crippen molar-refractivity contribution < 1.29 is 36.6 Å². The van der Waals surface area contributed by atoms with Gasteiger partial charge in [0.1, 0.15) is 0 Å². The van der Waals surface area contributed by atoms with Crippen molar-refractivity contribution in [1.29, 1.82) is 0 Å². The topological polar surface area (TPSA) is 156 Å². The van der Waals surface area contributed by atoms with Gasteiger partial charge in [0.2, 0.25) is 11.8 Å². The summed E-state index contributed by atoms with van der Waals surface area (Å²) in [7, 11) is 0. The minimum Gasteiger partial charge on any atom is -0.493 e. The number of H-pyrrole nitrogens is 2. The van der Waals surface area contributed by atoms with Gasteiger partial charge in [-0.1, -0.05) is 60.7 Å². The molecule has 205 valence electrons. The van der Waals surface area contributed by atoms with E-state index in [2.05, 4.69) is 30.4 Å². The SMILES string of the molecule is O=C1C=CC=C/C1=C/N=Nc1c(O)[nH]c2ccccc12.O=C1C=CC=C/C1=C\N=Nc1c(O)[nH]c2ccccc12.[Co]. The summed E-state index contributed by atoms with van der Waals surface area (Å²) in [6.45, 7) is 0. The van der Waals surface area contributed by atoms with Crippen LogP contribution in [-0.2, 0) is 26.4 Å². The van der Waals surface area contributed by atoms with Crippen molar-refractivity contribution in [3.8, 4) is 11.8 Å². The number of rotatable bonds is 4. The van der Waals surface area contributed by atoms with Crippen molar-refractivity contribution in [3.63, 3.8) is 0 Å². The Hall–Kier alpha value is -5.39. The summed E-state index contributed by atoms with van der Waals surface area (Å²) >= 11 is 0. The van der Waals surface area contributed by atoms with E-state index >= 15 is 0 Å². The molecule has 6 rings (SSSR count). The molecule has 0 atom stereocenters. The zero-order valence-corrected chi connectivity index (χ0v) is 22.3. The van der Waals surface area contributed by atoms with E-state index < -0.39 is 0 Å². The summed E-state index contributed by atoms with van der Waals surface area (Å²) in [6.07, 6.45) is 15.9. The molecule has 10 nitrogen and oxygen atoms in total. The summed E-state index contributed by atoms with van der Waals surface area (Å²) in [5, 5.41) is 36.9. The van der Waals surface area contributed by atoms with Crippen LogP contribution in [0.4, 0.5) is 11.4 Å². The zero-order chi connectivity index (χ0) is 27.9. The number of nitrogens with one attached hydrogen (secondary N) is 2. The molecule has 41 heavy (non-hydrogen) atoms. The Kier molecular flexibility index (Phi) is 9.15. The fourth-order valence-corrected chi connectivity index (χ4v) is 3.90. The molecule has 2 aliphatic carbocycles. The summed E-state index contributed by atoms with van der Waals surface area (Å²) in [5.41, 5.74) is 3.19. The molecular weight excluding hydrogens is 567 g/mol. The molecule has 1 radical (unpaired) electrons. The average molecular weight is 589 g/mol. The smallest absolute Gasteiger partial charge is 0.218 e. The van der Waals surface area contributed by atoms with Gasteiger partial charge in [0, 0.05) is 38.7 Å². The first-order valence-corrected chi connectivity index (χ1v) is 12.1. The Morgan fingerprint density at radius 1 is 0.585 bits per heavy atom. The van der Waals surface area contributed by atoms with Crippen LogP contribution in [0.3, 0.4) is 0 Å². The monoisotopic (exact) mass is 589 g/mol. The van der Waals surface area contributed by atoms with Gasteiger partial charge in [0.15, 0.2) is 22.9 Å². The van der Waals surface area contributed by atoms with Gasteiger partial charge in [-0.3, -0.25) is 9.59 Å². The van der Waals surface area contributed by atoms with Crippen molar-refractivity contribution in [1.82, 2.24) is 9.97 Å². The molecule has 2 aromatic carbocycles. The molecule has 4 N–H and O–H groups in total. The second kappa shape index (κ2) is 13.1. The maximum Gasteiger partial charge on any atom is 0.218 e. The standard InChI is InChI=1S/2C15H11N3O2.Co/c2*19-13-8-4-1-5-10(13)9-16-18-14-11-6-2-3-7-12(11)17-15(14)20;/h2*1-9,17,20H;/b10-9+,18-16?;10-9-,18-16?;. The summed E-state index contributed by atoms with van der Waals surface area (Å²) < 4.78 is 0. The zero-order valence-electron chi connectivity index (χ0n) is 21.2. The van der Waals surface area contributed by atoms with Gasteiger partial charge in [0.25, 0.3) is 0 Å². The molecule has 0 unspecified atom stereocenters. The molecule has 4 aromatic rings. The van der Waals surface area contributed by atoms with Crippen LogP contribution in [0.25, 0.3) is 21.8 Å². The number of aromatic hydroxyl groups is 2. The largest absolute Gasteiger partial charge is 0.493 e. The Balaban J connectivity index is 0.000000184. The molecule has 0 spiro atoms. The predicted octanol–water partition coefficient (Wildman–Crippen LogP) is 7.07. The Morgan fingerprint density at radius 3 is 1.39 bits per heavy atom. The second-order valence-corrected chi connectivity index (χ2v) is 8.50. The van der Waals surface area contributed by atoms with Crippen LogP contribution in [0.15, 0.2) is 141 Å². The first-order chi connectivity index (χ1) is 19.5. The van der Waals surface area contributed by atoms with E-state index in [0.717, 1.165) is 21.8 Å². The van der Waals surface area contributed by atoms with Crippen molar-refractivity contribution in [2.45, 2.75) is 0 Å². The fourth-order valence-electron chi connectivity index (χ4n) is 3.90. The van der Waals surface area contributed by atoms with Crippen molar-refractivity contribution in [2.24, 2.45) is 20.5 Å². The maximum absolute atomic E-state index is 11.5. The van der Waals surface area contributed by atoms with Gasteiger partial charge in [-0.15, -0.1) is 10.2 Å². The third kappa shape index (κ3) is 6.61. The van der Waals surface area contributed by atoms with Crippen LogP contribution in [0.1, 0.15) is 0 Å². The van der Waals surface area contributed by atoms with Gasteiger partial charge in [-0.2, -0.15) is 10.2 Å². The number of hydrogen-bond donors (Lipinski definition) is 4. The number of aromatic nitrogens is 2. The van der Waals surface area contributed by atoms with Crippen LogP contribution in [0.5, 0.6) is 11.8 Å². The number of nitrogens with zero attached hydrogens (tertiary/aromatic N) is 4. The molecule has 2 aromatic heterocycles. The Bertz CT molecular complexity index is 1730. The Labute approximate surface area is 243 Å². The van der Waals surface area contributed by atoms with Gasteiger partial charge in [0.05, 0.1) is 23.4 Å². The Morgan fingerprint density at radius 2 is 0.976 bits per heavy atom. The van der Waals surface area contributed by atoms with Crippen molar-refractivity contribution in [2.75, 3.05) is 0 Å². The summed E-state index contributed by atoms with van der Waals surface area (Å²) in [6, 6.07) is 14.8. The van der Waals surface area contributed by atoms with E-state index in [-0.39, 0.29) is 40.1 Å². The first kappa shape index (κ1) is 28.6. The average Bonchev–Trinajstić information content (AvgIpc) is 3.46. The minimum absolute atomic E-state index is 0. The second-order valence-electron chi connectivity index (χ2n) is 8.50. The molecule has 0 amide bonds. The molecule has 0 aliphatic heterocycles. The van der Waals surface area contributed by atoms with Crippen molar-refractivity contribution >= 4 is 44.7 Å². The fraction of sp³-hybridized carbons (Fsp3) is 0. The third-order valence-electron chi connectivity index (χ3n) is 5.87. The van der Waals surface area contributed by atoms with Gasteiger partial charge >= 0.3 is 0 Å². The molecule has 0 saturated carbocycles. The van der Waals surface area contributed by atoms with E-state index in [1.807, 2.05) is 48.5 Å². The number of fused-ring (bicyclic) bond motifs is 2. The van der Waals surface area contributed by atoms with E-state index in [9.17, 15) is 19.8 Å². The van der Waals surface area contributed by atoms with E-state index in [1.165, 1.54) is 24.6 Å². The number of carbonyl (C=O) groups is 2. The number of para-hydroxylation sites is 2. The van der Waals surface area contributed by atoms with Gasteiger partial charge < -0.3 is 20.2 Å². The first-order valence-electron chi connectivity index (χ1n) is 12.1. The molecule has 2 aliphatic rings. The van der Waals surface area contributed by atoms with Crippen LogP contribution >= 0.6 is 0 Å². The minimum atomic E-state index is -0.116. The molecular formula is C30H22CoN6O4. The summed E-state index contributed by atoms with van der Waals surface area (Å²) in [4.78, 5) is 28.6. The normalized spacial score (nSPS) is 16.4. The number of hydrogen-bond acceptors (Lipinski definition) is 8. The molecule has 2 heterocycles. The van der Waals surface area contributed by atoms with Gasteiger partial charge in [-0.05, 0) is 36.4 Å². The number of ketones is 2. The van der Waals surface area contributed by atoms with Crippen LogP contribution in [0, 0.1) is 0 Å². The van der Waals surface area contributed by atoms with Gasteiger partial charge in [-0.25, -0.2) is 0 Å². The molecule has 0 fully saturated rings. The quantitative estimate of drug-likeness (QED) is 0.148. The number of benzene rings is 2. The van der Waals surface area contributed by atoms with Crippen LogP contribution in [0.2, 0.25) is 0 Å². The van der Waals surface area contributed by atoms with E-state index in [4.69, 9.17) is 0 Å². The number of allylic oxidation sites excluding steroid dienone is 10. The van der Waals surface area contributed by atoms with E-state index in [1.54, 1.807) is 36.5 Å². The predicted molar refractivity (Wildman–Crippen MR) is 152 cm³/mol.